The number of nitrogens with zero attached hydrogens (tertiary/aromatic N) is 1. The Morgan fingerprint density at radius 1 is 0.909 bits per heavy atom. The van der Waals surface area contributed by atoms with Gasteiger partial charge in [-0.2, -0.15) is 0 Å². The molecular formula is C27H35N3O3. The smallest absolute Gasteiger partial charge is 0.324 e. The number of hydrogen-bond donors (Lipinski definition) is 2. The van der Waals surface area contributed by atoms with E-state index in [1.165, 1.54) is 0 Å². The molecule has 1 fully saturated rings. The molecule has 0 radical (unpaired) electrons. The van der Waals surface area contributed by atoms with Gasteiger partial charge in [0.05, 0.1) is 0 Å². The van der Waals surface area contributed by atoms with E-state index < -0.39 is 23.4 Å². The van der Waals surface area contributed by atoms with E-state index in [4.69, 9.17) is 0 Å². The summed E-state index contributed by atoms with van der Waals surface area (Å²) in [5.74, 6) is -0.0277. The number of carbonyl (C=O) groups is 3. The van der Waals surface area contributed by atoms with Crippen LogP contribution in [-0.4, -0.2) is 29.3 Å². The van der Waals surface area contributed by atoms with Gasteiger partial charge in [0.2, 0.25) is 5.91 Å². The van der Waals surface area contributed by atoms with E-state index in [0.717, 1.165) is 27.3 Å². The average Bonchev–Trinajstić information content (AvgIpc) is 2.97. The van der Waals surface area contributed by atoms with Crippen LogP contribution in [-0.2, 0) is 15.1 Å². The number of urea groups is 1. The van der Waals surface area contributed by atoms with Crippen LogP contribution in [0.25, 0.3) is 0 Å². The lowest BCUT2D eigenvalue weighted by Gasteiger charge is -2.23. The molecule has 3 rings (SSSR count). The molecule has 2 aromatic carbocycles. The molecule has 1 unspecified atom stereocenters. The molecule has 0 aliphatic carbocycles. The number of imide groups is 1. The maximum absolute atomic E-state index is 13.3. The van der Waals surface area contributed by atoms with Crippen molar-refractivity contribution in [3.63, 3.8) is 0 Å². The van der Waals surface area contributed by atoms with E-state index in [1.54, 1.807) is 6.92 Å². The third-order valence-electron chi connectivity index (χ3n) is 6.37. The van der Waals surface area contributed by atoms with Crippen LogP contribution in [0.3, 0.4) is 0 Å². The molecule has 4 amide bonds. The molecule has 1 aliphatic heterocycles. The fraction of sp³-hybridized carbons (Fsp3) is 0.444. The molecule has 0 saturated carbocycles. The molecule has 6 nitrogen and oxygen atoms in total. The van der Waals surface area contributed by atoms with Crippen molar-refractivity contribution in [1.82, 2.24) is 10.2 Å². The lowest BCUT2D eigenvalue weighted by molar-refractivity contribution is -0.133. The Bertz CT molecular complexity index is 1030. The molecule has 1 saturated heterocycles. The summed E-state index contributed by atoms with van der Waals surface area (Å²) in [5, 5.41) is 5.77. The summed E-state index contributed by atoms with van der Waals surface area (Å²) < 4.78 is 0. The quantitative estimate of drug-likeness (QED) is 0.551. The molecule has 0 aromatic heterocycles. The molecule has 0 bridgehead atoms. The first-order chi connectivity index (χ1) is 15.5. The molecule has 1 heterocycles. The van der Waals surface area contributed by atoms with Gasteiger partial charge >= 0.3 is 6.03 Å². The van der Waals surface area contributed by atoms with Crippen molar-refractivity contribution in [2.45, 2.75) is 71.8 Å². The van der Waals surface area contributed by atoms with Gasteiger partial charge in [-0.05, 0) is 46.9 Å². The predicted molar refractivity (Wildman–Crippen MR) is 131 cm³/mol. The minimum absolute atomic E-state index is 0.216. The summed E-state index contributed by atoms with van der Waals surface area (Å²) >= 11 is 0. The highest BCUT2D eigenvalue weighted by molar-refractivity contribution is 6.10. The second-order valence-corrected chi connectivity index (χ2v) is 9.89. The van der Waals surface area contributed by atoms with Crippen LogP contribution >= 0.6 is 0 Å². The van der Waals surface area contributed by atoms with Crippen LogP contribution in [0.5, 0.6) is 0 Å². The van der Waals surface area contributed by atoms with Crippen LogP contribution < -0.4 is 10.6 Å². The molecule has 176 valence electrons. The summed E-state index contributed by atoms with van der Waals surface area (Å²) in [5.41, 5.74) is 3.47. The molecular weight excluding hydrogens is 414 g/mol. The monoisotopic (exact) mass is 449 g/mol. The molecule has 1 aliphatic rings. The zero-order chi connectivity index (χ0) is 24.5. The lowest BCUT2D eigenvalue weighted by Crippen LogP contribution is -2.42. The van der Waals surface area contributed by atoms with Gasteiger partial charge in [0.1, 0.15) is 12.1 Å². The zero-order valence-electron chi connectivity index (χ0n) is 20.7. The van der Waals surface area contributed by atoms with Crippen molar-refractivity contribution in [2.24, 2.45) is 0 Å². The first-order valence-electron chi connectivity index (χ1n) is 11.6. The fourth-order valence-corrected chi connectivity index (χ4v) is 4.26. The van der Waals surface area contributed by atoms with Crippen molar-refractivity contribution in [3.8, 4) is 0 Å². The van der Waals surface area contributed by atoms with E-state index in [-0.39, 0.29) is 18.4 Å². The van der Waals surface area contributed by atoms with E-state index in [9.17, 15) is 14.4 Å². The van der Waals surface area contributed by atoms with Gasteiger partial charge in [-0.25, -0.2) is 4.79 Å². The Morgan fingerprint density at radius 2 is 1.45 bits per heavy atom. The van der Waals surface area contributed by atoms with Crippen LogP contribution in [0.4, 0.5) is 10.5 Å². The molecule has 33 heavy (non-hydrogen) atoms. The van der Waals surface area contributed by atoms with Crippen LogP contribution in [0.1, 0.15) is 88.5 Å². The zero-order valence-corrected chi connectivity index (χ0v) is 20.7. The minimum atomic E-state index is -1.20. The highest BCUT2D eigenvalue weighted by Crippen LogP contribution is 2.33. The second-order valence-electron chi connectivity index (χ2n) is 9.89. The van der Waals surface area contributed by atoms with Gasteiger partial charge < -0.3 is 10.6 Å². The first-order valence-corrected chi connectivity index (χ1v) is 11.6. The average molecular weight is 450 g/mol. The number of rotatable bonds is 7. The summed E-state index contributed by atoms with van der Waals surface area (Å²) in [6, 6.07) is 13.1. The maximum atomic E-state index is 13.3. The predicted octanol–water partition coefficient (Wildman–Crippen LogP) is 5.46. The Balaban J connectivity index is 1.81. The summed E-state index contributed by atoms with van der Waals surface area (Å²) in [6.07, 6.45) is 0. The van der Waals surface area contributed by atoms with Crippen molar-refractivity contribution in [2.75, 3.05) is 11.9 Å². The molecule has 1 atom stereocenters. The normalized spacial score (nSPS) is 18.4. The van der Waals surface area contributed by atoms with Gasteiger partial charge in [-0.3, -0.25) is 14.5 Å². The Labute approximate surface area is 196 Å². The van der Waals surface area contributed by atoms with E-state index >= 15 is 0 Å². The maximum Gasteiger partial charge on any atom is 0.325 e. The number of hydrogen-bond acceptors (Lipinski definition) is 3. The number of amides is 4. The van der Waals surface area contributed by atoms with Gasteiger partial charge in [0.25, 0.3) is 5.91 Å². The topological polar surface area (TPSA) is 78.5 Å². The molecule has 2 N–H and O–H groups in total. The highest BCUT2D eigenvalue weighted by Gasteiger charge is 2.49. The fourth-order valence-electron chi connectivity index (χ4n) is 4.26. The van der Waals surface area contributed by atoms with Crippen molar-refractivity contribution >= 4 is 23.5 Å². The highest BCUT2D eigenvalue weighted by atomic mass is 16.2. The standard InChI is InChI=1S/C27H35N3O3/c1-16(2)19-11-13-20(14-12-19)27(7)25(32)30(26(33)29-27)15-23(31)28-24-21(17(3)4)9-8-10-22(24)18(5)6/h8-14,16-18H,15H2,1-7H3,(H,28,31)(H,29,33). The second kappa shape index (κ2) is 9.38. The summed E-state index contributed by atoms with van der Waals surface area (Å²) in [6.45, 7) is 13.8. The third-order valence-corrected chi connectivity index (χ3v) is 6.37. The minimum Gasteiger partial charge on any atom is -0.324 e. The van der Waals surface area contributed by atoms with Gasteiger partial charge in [0.15, 0.2) is 0 Å². The van der Waals surface area contributed by atoms with Crippen LogP contribution in [0, 0.1) is 0 Å². The lowest BCUT2D eigenvalue weighted by atomic mass is 9.90. The van der Waals surface area contributed by atoms with Gasteiger partial charge in [-0.15, -0.1) is 0 Å². The number of nitrogens with one attached hydrogen (secondary N) is 2. The molecule has 0 spiro atoms. The van der Waals surface area contributed by atoms with E-state index in [0.29, 0.717) is 11.5 Å². The van der Waals surface area contributed by atoms with Gasteiger partial charge in [0, 0.05) is 5.69 Å². The molecule has 2 aromatic rings. The Kier molecular flexibility index (Phi) is 6.96. The molecule has 6 heteroatoms. The summed E-state index contributed by atoms with van der Waals surface area (Å²) in [4.78, 5) is 39.9. The number of para-hydroxylation sites is 1. The Hall–Kier alpha value is -3.15. The van der Waals surface area contributed by atoms with Crippen molar-refractivity contribution in [3.05, 3.63) is 64.7 Å². The number of benzene rings is 2. The third kappa shape index (κ3) is 4.80. The number of anilines is 1. The van der Waals surface area contributed by atoms with Crippen molar-refractivity contribution in [1.29, 1.82) is 0 Å². The Morgan fingerprint density at radius 3 is 1.94 bits per heavy atom. The van der Waals surface area contributed by atoms with Crippen LogP contribution in [0.15, 0.2) is 42.5 Å². The van der Waals surface area contributed by atoms with Crippen molar-refractivity contribution < 1.29 is 14.4 Å². The first kappa shape index (κ1) is 24.5. The van der Waals surface area contributed by atoms with Gasteiger partial charge in [-0.1, -0.05) is 84.0 Å². The van der Waals surface area contributed by atoms with E-state index in [1.807, 2.05) is 42.5 Å². The SMILES string of the molecule is CC(C)c1ccc(C2(C)NC(=O)N(CC(=O)Nc3c(C(C)C)cccc3C(C)C)C2=O)cc1. The number of carbonyl (C=O) groups excluding carboxylic acids is 3. The van der Waals surface area contributed by atoms with Crippen LogP contribution in [0.2, 0.25) is 0 Å². The largest absolute Gasteiger partial charge is 0.325 e. The van der Waals surface area contributed by atoms with E-state index in [2.05, 4.69) is 52.2 Å². The summed E-state index contributed by atoms with van der Waals surface area (Å²) in [7, 11) is 0.